The molecule has 3 nitrogen and oxygen atoms in total. The highest BCUT2D eigenvalue weighted by Gasteiger charge is 2.43. The third kappa shape index (κ3) is 5.02. The summed E-state index contributed by atoms with van der Waals surface area (Å²) in [6.45, 7) is 0.725. The largest absolute Gasteiger partial charge is 0.482 e. The number of hydrogen-bond acceptors (Lipinski definition) is 3. The number of rotatable bonds is 9. The average molecular weight is 555 g/mol. The van der Waals surface area contributed by atoms with Gasteiger partial charge in [-0.3, -0.25) is 0 Å². The maximum Gasteiger partial charge on any atom is 0.143 e. The van der Waals surface area contributed by atoms with Crippen molar-refractivity contribution in [3.63, 3.8) is 0 Å². The summed E-state index contributed by atoms with van der Waals surface area (Å²) in [4.78, 5) is 2.14. The van der Waals surface area contributed by atoms with Gasteiger partial charge >= 0.3 is 0 Å². The summed E-state index contributed by atoms with van der Waals surface area (Å²) in [5, 5.41) is 17.5. The van der Waals surface area contributed by atoms with Gasteiger partial charge in [0.05, 0.1) is 0 Å². The Morgan fingerprint density at radius 2 is 1.38 bits per heavy atom. The summed E-state index contributed by atoms with van der Waals surface area (Å²) in [6.07, 6.45) is 0.546. The number of halogens is 1. The van der Waals surface area contributed by atoms with Crippen molar-refractivity contribution in [2.45, 2.75) is 17.9 Å². The van der Waals surface area contributed by atoms with E-state index < -0.39 is 5.60 Å². The van der Waals surface area contributed by atoms with E-state index in [9.17, 15) is 5.11 Å². The lowest BCUT2D eigenvalue weighted by Crippen LogP contribution is -2.38. The molecule has 188 valence electrons. The molecule has 0 aliphatic rings. The van der Waals surface area contributed by atoms with Crippen LogP contribution in [0.15, 0.2) is 109 Å². The number of ether oxygens (including phenoxy) is 1. The van der Waals surface area contributed by atoms with E-state index in [1.807, 2.05) is 36.4 Å². The zero-order chi connectivity index (χ0) is 25.8. The Morgan fingerprint density at radius 3 is 2.08 bits per heavy atom. The zero-order valence-electron chi connectivity index (χ0n) is 21.3. The van der Waals surface area contributed by atoms with Crippen LogP contribution < -0.4 is 4.74 Å². The summed E-state index contributed by atoms with van der Waals surface area (Å²) in [5.74, 6) is 0.396. The molecular formula is C33H32BrNO2. The Labute approximate surface area is 227 Å². The normalized spacial score (nSPS) is 14.1. The molecule has 0 heterocycles. The fourth-order valence-corrected chi connectivity index (χ4v) is 5.76. The van der Waals surface area contributed by atoms with Crippen LogP contribution in [0.1, 0.15) is 29.0 Å². The van der Waals surface area contributed by atoms with Gasteiger partial charge < -0.3 is 14.7 Å². The first kappa shape index (κ1) is 25.5. The quantitative estimate of drug-likeness (QED) is 0.190. The second kappa shape index (κ2) is 11.1. The predicted octanol–water partition coefficient (Wildman–Crippen LogP) is 7.70. The van der Waals surface area contributed by atoms with E-state index >= 15 is 0 Å². The van der Waals surface area contributed by atoms with Gasteiger partial charge in [0.1, 0.15) is 16.9 Å². The van der Waals surface area contributed by atoms with Crippen molar-refractivity contribution >= 4 is 37.5 Å². The Morgan fingerprint density at radius 1 is 0.757 bits per heavy atom. The minimum absolute atomic E-state index is 0.365. The van der Waals surface area contributed by atoms with Crippen molar-refractivity contribution < 1.29 is 9.84 Å². The van der Waals surface area contributed by atoms with Gasteiger partial charge in [-0.2, -0.15) is 0 Å². The molecule has 0 aliphatic heterocycles. The van der Waals surface area contributed by atoms with Crippen LogP contribution in [0, 0.1) is 0 Å². The molecule has 5 aromatic carbocycles. The van der Waals surface area contributed by atoms with Crippen LogP contribution in [-0.2, 0) is 5.60 Å². The van der Waals surface area contributed by atoms with Gasteiger partial charge in [-0.15, -0.1) is 0 Å². The lowest BCUT2D eigenvalue weighted by Gasteiger charge is -2.40. The molecule has 37 heavy (non-hydrogen) atoms. The molecule has 0 spiro atoms. The summed E-state index contributed by atoms with van der Waals surface area (Å²) in [6, 6.07) is 37.4. The Bertz CT molecular complexity index is 1500. The van der Waals surface area contributed by atoms with Crippen molar-refractivity contribution in [1.29, 1.82) is 0 Å². The van der Waals surface area contributed by atoms with Gasteiger partial charge in [0, 0.05) is 18.0 Å². The molecule has 0 aromatic heterocycles. The first-order valence-corrected chi connectivity index (χ1v) is 13.8. The second-order valence-corrected chi connectivity index (χ2v) is 10.3. The maximum atomic E-state index is 13.2. The lowest BCUT2D eigenvalue weighted by atomic mass is 9.69. The molecule has 2 atom stereocenters. The highest BCUT2D eigenvalue weighted by Crippen LogP contribution is 2.50. The van der Waals surface area contributed by atoms with Gasteiger partial charge in [0.2, 0.25) is 0 Å². The SMILES string of the molecule is CN(C)CC[C@@](O)(c1cccc2ccccc12)[C@@H](c1ccccc1)c1c(OCBr)ccc2ccccc12. The highest BCUT2D eigenvalue weighted by molar-refractivity contribution is 9.09. The Balaban J connectivity index is 1.88. The van der Waals surface area contributed by atoms with Crippen LogP contribution >= 0.6 is 15.9 Å². The Kier molecular flexibility index (Phi) is 7.61. The van der Waals surface area contributed by atoms with Gasteiger partial charge in [0.25, 0.3) is 0 Å². The van der Waals surface area contributed by atoms with E-state index in [4.69, 9.17) is 4.74 Å². The van der Waals surface area contributed by atoms with Gasteiger partial charge in [-0.25, -0.2) is 0 Å². The van der Waals surface area contributed by atoms with Gasteiger partial charge in [-0.1, -0.05) is 103 Å². The molecule has 0 radical (unpaired) electrons. The molecule has 0 saturated heterocycles. The second-order valence-electron chi connectivity index (χ2n) is 9.80. The van der Waals surface area contributed by atoms with Gasteiger partial charge in [-0.05, 0) is 75.2 Å². The fraction of sp³-hybridized carbons (Fsp3) is 0.212. The van der Waals surface area contributed by atoms with Crippen molar-refractivity contribution in [3.8, 4) is 5.75 Å². The molecular weight excluding hydrogens is 522 g/mol. The van der Waals surface area contributed by atoms with Crippen LogP contribution in [0.2, 0.25) is 0 Å². The smallest absolute Gasteiger partial charge is 0.143 e. The Hall–Kier alpha value is -3.18. The van der Waals surface area contributed by atoms with Crippen molar-refractivity contribution in [2.24, 2.45) is 0 Å². The van der Waals surface area contributed by atoms with E-state index in [1.165, 1.54) is 0 Å². The van der Waals surface area contributed by atoms with Crippen molar-refractivity contribution in [2.75, 3.05) is 26.2 Å². The summed E-state index contributed by atoms with van der Waals surface area (Å²) < 4.78 is 6.19. The number of hydrogen-bond donors (Lipinski definition) is 1. The third-order valence-corrected chi connectivity index (χ3v) is 7.47. The number of nitrogens with zero attached hydrogens (tertiary/aromatic N) is 1. The number of benzene rings is 5. The molecule has 0 aliphatic carbocycles. The fourth-order valence-electron chi connectivity index (χ4n) is 5.52. The third-order valence-electron chi connectivity index (χ3n) is 7.24. The van der Waals surface area contributed by atoms with E-state index in [-0.39, 0.29) is 5.92 Å². The minimum Gasteiger partial charge on any atom is -0.482 e. The van der Waals surface area contributed by atoms with Crippen LogP contribution in [0.3, 0.4) is 0 Å². The lowest BCUT2D eigenvalue weighted by molar-refractivity contribution is 0.00566. The van der Waals surface area contributed by atoms with Crippen LogP contribution in [0.25, 0.3) is 21.5 Å². The highest BCUT2D eigenvalue weighted by atomic mass is 79.9. The number of alkyl halides is 1. The predicted molar refractivity (Wildman–Crippen MR) is 158 cm³/mol. The van der Waals surface area contributed by atoms with Crippen LogP contribution in [0.4, 0.5) is 0 Å². The molecule has 0 unspecified atom stereocenters. The van der Waals surface area contributed by atoms with E-state index in [0.29, 0.717) is 11.9 Å². The van der Waals surface area contributed by atoms with E-state index in [0.717, 1.165) is 50.5 Å². The molecule has 0 fully saturated rings. The average Bonchev–Trinajstić information content (AvgIpc) is 2.93. The van der Waals surface area contributed by atoms with Gasteiger partial charge in [0.15, 0.2) is 0 Å². The van der Waals surface area contributed by atoms with Crippen molar-refractivity contribution in [1.82, 2.24) is 4.90 Å². The molecule has 5 rings (SSSR count). The first-order chi connectivity index (χ1) is 18.0. The molecule has 0 amide bonds. The van der Waals surface area contributed by atoms with Crippen LogP contribution in [0.5, 0.6) is 5.75 Å². The monoisotopic (exact) mass is 553 g/mol. The molecule has 4 heteroatoms. The van der Waals surface area contributed by atoms with E-state index in [2.05, 4.69) is 108 Å². The summed E-state index contributed by atoms with van der Waals surface area (Å²) >= 11 is 3.48. The van der Waals surface area contributed by atoms with E-state index in [1.54, 1.807) is 0 Å². The summed E-state index contributed by atoms with van der Waals surface area (Å²) in [7, 11) is 4.11. The minimum atomic E-state index is -1.22. The number of aliphatic hydroxyl groups is 1. The number of fused-ring (bicyclic) bond motifs is 2. The van der Waals surface area contributed by atoms with Crippen molar-refractivity contribution in [3.05, 3.63) is 126 Å². The standard InChI is InChI=1S/C33H32BrNO2/c1-35(2)22-21-33(36,29-18-10-15-24-11-6-8-16-27(24)29)32(26-13-4-3-5-14-26)31-28-17-9-7-12-25(28)19-20-30(31)37-23-34/h3-20,32,36H,21-23H2,1-2H3/t32-,33+/m0/s1. The molecule has 0 saturated carbocycles. The maximum absolute atomic E-state index is 13.2. The zero-order valence-corrected chi connectivity index (χ0v) is 22.9. The molecule has 1 N–H and O–H groups in total. The summed E-state index contributed by atoms with van der Waals surface area (Å²) in [5.41, 5.74) is 2.12. The molecule has 0 bridgehead atoms. The first-order valence-electron chi connectivity index (χ1n) is 12.6. The van der Waals surface area contributed by atoms with Crippen LogP contribution in [-0.4, -0.2) is 36.2 Å². The topological polar surface area (TPSA) is 32.7 Å². The molecule has 5 aromatic rings.